The molecule has 162 valence electrons. The Morgan fingerprint density at radius 1 is 1.27 bits per heavy atom. The van der Waals surface area contributed by atoms with Crippen LogP contribution in [0, 0.1) is 17.0 Å². The summed E-state index contributed by atoms with van der Waals surface area (Å²) < 4.78 is 5.42. The lowest BCUT2D eigenvalue weighted by molar-refractivity contribution is -0.385. The molecule has 2 rings (SSSR count). The van der Waals surface area contributed by atoms with Gasteiger partial charge in [0.1, 0.15) is 6.26 Å². The van der Waals surface area contributed by atoms with E-state index in [2.05, 4.69) is 10.3 Å². The van der Waals surface area contributed by atoms with Crippen LogP contribution in [0.25, 0.3) is 0 Å². The first-order valence-corrected chi connectivity index (χ1v) is 9.99. The van der Waals surface area contributed by atoms with Crippen LogP contribution in [0.1, 0.15) is 72.8 Å². The van der Waals surface area contributed by atoms with Gasteiger partial charge < -0.3 is 14.6 Å². The molecule has 0 unspecified atom stereocenters. The van der Waals surface area contributed by atoms with E-state index in [1.54, 1.807) is 19.1 Å². The standard InChI is InChI=1S/C21H28N4O5/c1-6-14(4)22-20(26)17-12-30-19(23-17)11-24(15(5)7-2)21(27)16-9-8-13(3)18(10-16)25(28)29/h8-10,12,14-15H,6-7,11H2,1-5H3,(H,22,26)/t14-,15+/m1/s1. The van der Waals surface area contributed by atoms with Gasteiger partial charge in [-0.3, -0.25) is 19.7 Å². The summed E-state index contributed by atoms with van der Waals surface area (Å²) in [6.07, 6.45) is 2.72. The normalized spacial score (nSPS) is 12.8. The fourth-order valence-electron chi connectivity index (χ4n) is 2.79. The van der Waals surface area contributed by atoms with Crippen LogP contribution >= 0.6 is 0 Å². The van der Waals surface area contributed by atoms with E-state index in [0.29, 0.717) is 12.0 Å². The fourth-order valence-corrected chi connectivity index (χ4v) is 2.79. The van der Waals surface area contributed by atoms with Crippen LogP contribution in [0.2, 0.25) is 0 Å². The maximum absolute atomic E-state index is 13.1. The number of hydrogen-bond acceptors (Lipinski definition) is 6. The number of oxazole rings is 1. The van der Waals surface area contributed by atoms with Crippen LogP contribution in [0.4, 0.5) is 5.69 Å². The van der Waals surface area contributed by atoms with Gasteiger partial charge in [-0.1, -0.05) is 19.9 Å². The van der Waals surface area contributed by atoms with Crippen molar-refractivity contribution in [1.29, 1.82) is 0 Å². The number of nitro benzene ring substituents is 1. The molecule has 1 aromatic heterocycles. The van der Waals surface area contributed by atoms with Crippen molar-refractivity contribution in [2.24, 2.45) is 0 Å². The summed E-state index contributed by atoms with van der Waals surface area (Å²) in [5, 5.41) is 14.0. The minimum atomic E-state index is -0.504. The van der Waals surface area contributed by atoms with E-state index >= 15 is 0 Å². The Morgan fingerprint density at radius 2 is 1.97 bits per heavy atom. The van der Waals surface area contributed by atoms with E-state index in [-0.39, 0.29) is 53.3 Å². The minimum Gasteiger partial charge on any atom is -0.446 e. The molecule has 0 saturated carbocycles. The lowest BCUT2D eigenvalue weighted by Crippen LogP contribution is -2.38. The van der Waals surface area contributed by atoms with E-state index in [4.69, 9.17) is 4.42 Å². The number of aromatic nitrogens is 1. The van der Waals surface area contributed by atoms with Gasteiger partial charge in [-0.2, -0.15) is 0 Å². The van der Waals surface area contributed by atoms with Crippen LogP contribution in [-0.2, 0) is 6.54 Å². The second-order valence-electron chi connectivity index (χ2n) is 7.36. The largest absolute Gasteiger partial charge is 0.446 e. The third-order valence-electron chi connectivity index (χ3n) is 5.12. The molecule has 0 fully saturated rings. The van der Waals surface area contributed by atoms with Gasteiger partial charge in [0.05, 0.1) is 11.5 Å². The van der Waals surface area contributed by atoms with E-state index in [0.717, 1.165) is 6.42 Å². The average molecular weight is 416 g/mol. The number of benzene rings is 1. The fraction of sp³-hybridized carbons (Fsp3) is 0.476. The molecule has 30 heavy (non-hydrogen) atoms. The summed E-state index contributed by atoms with van der Waals surface area (Å²) in [7, 11) is 0. The number of carbonyl (C=O) groups excluding carboxylic acids is 2. The highest BCUT2D eigenvalue weighted by atomic mass is 16.6. The number of hydrogen-bond donors (Lipinski definition) is 1. The molecular formula is C21H28N4O5. The molecule has 0 aliphatic rings. The van der Waals surface area contributed by atoms with E-state index in [1.807, 2.05) is 27.7 Å². The number of carbonyl (C=O) groups is 2. The van der Waals surface area contributed by atoms with Crippen LogP contribution in [-0.4, -0.2) is 38.7 Å². The van der Waals surface area contributed by atoms with Gasteiger partial charge in [-0.05, 0) is 39.7 Å². The Bertz CT molecular complexity index is 924. The lowest BCUT2D eigenvalue weighted by Gasteiger charge is -2.27. The van der Waals surface area contributed by atoms with Gasteiger partial charge in [-0.25, -0.2) is 4.98 Å². The van der Waals surface area contributed by atoms with Crippen LogP contribution in [0.5, 0.6) is 0 Å². The smallest absolute Gasteiger partial charge is 0.273 e. The van der Waals surface area contributed by atoms with Crippen molar-refractivity contribution in [3.05, 3.63) is 57.3 Å². The summed E-state index contributed by atoms with van der Waals surface area (Å²) in [5.41, 5.74) is 0.739. The Kier molecular flexibility index (Phi) is 7.68. The molecule has 0 radical (unpaired) electrons. The predicted molar refractivity (Wildman–Crippen MR) is 111 cm³/mol. The van der Waals surface area contributed by atoms with Gasteiger partial charge in [0.2, 0.25) is 5.89 Å². The zero-order chi connectivity index (χ0) is 22.4. The number of nitro groups is 1. The van der Waals surface area contributed by atoms with Crippen molar-refractivity contribution in [1.82, 2.24) is 15.2 Å². The monoisotopic (exact) mass is 416 g/mol. The molecular weight excluding hydrogens is 388 g/mol. The summed E-state index contributed by atoms with van der Waals surface area (Å²) in [6.45, 7) is 9.33. The SMILES string of the molecule is CC[C@@H](C)NC(=O)c1coc(CN(C(=O)c2ccc(C)c([N+](=O)[O-])c2)[C@@H](C)CC)n1. The molecule has 1 N–H and O–H groups in total. The van der Waals surface area contributed by atoms with Crippen molar-refractivity contribution in [2.45, 2.75) is 66.1 Å². The quantitative estimate of drug-likeness (QED) is 0.490. The van der Waals surface area contributed by atoms with Crippen molar-refractivity contribution < 1.29 is 18.9 Å². The molecule has 9 nitrogen and oxygen atoms in total. The Morgan fingerprint density at radius 3 is 2.57 bits per heavy atom. The first kappa shape index (κ1) is 23.1. The topological polar surface area (TPSA) is 119 Å². The number of nitrogens with one attached hydrogen (secondary N) is 1. The molecule has 0 aliphatic heterocycles. The maximum Gasteiger partial charge on any atom is 0.273 e. The molecule has 0 bridgehead atoms. The van der Waals surface area contributed by atoms with Gasteiger partial charge in [0, 0.05) is 29.3 Å². The molecule has 2 amide bonds. The minimum absolute atomic E-state index is 0.00756. The number of aryl methyl sites for hydroxylation is 1. The number of rotatable bonds is 9. The molecule has 1 aromatic carbocycles. The van der Waals surface area contributed by atoms with Gasteiger partial charge in [0.25, 0.3) is 17.5 Å². The summed E-state index contributed by atoms with van der Waals surface area (Å²) in [6, 6.07) is 4.26. The Hall–Kier alpha value is -3.23. The molecule has 0 saturated heterocycles. The molecule has 2 aromatic rings. The number of nitrogens with zero attached hydrogens (tertiary/aromatic N) is 3. The predicted octanol–water partition coefficient (Wildman–Crippen LogP) is 3.86. The maximum atomic E-state index is 13.1. The second kappa shape index (κ2) is 10.00. The molecule has 0 aliphatic carbocycles. The summed E-state index contributed by atoms with van der Waals surface area (Å²) in [5.74, 6) is -0.481. The highest BCUT2D eigenvalue weighted by Gasteiger charge is 2.25. The third kappa shape index (κ3) is 5.43. The second-order valence-corrected chi connectivity index (χ2v) is 7.36. The molecule has 2 atom stereocenters. The third-order valence-corrected chi connectivity index (χ3v) is 5.12. The van der Waals surface area contributed by atoms with E-state index < -0.39 is 4.92 Å². The van der Waals surface area contributed by atoms with Crippen molar-refractivity contribution in [3.8, 4) is 0 Å². The Labute approximate surface area is 175 Å². The van der Waals surface area contributed by atoms with Crippen molar-refractivity contribution in [2.75, 3.05) is 0 Å². The summed E-state index contributed by atoms with van der Waals surface area (Å²) in [4.78, 5) is 41.8. The van der Waals surface area contributed by atoms with Gasteiger partial charge in [0.15, 0.2) is 5.69 Å². The van der Waals surface area contributed by atoms with Crippen molar-refractivity contribution >= 4 is 17.5 Å². The lowest BCUT2D eigenvalue weighted by atomic mass is 10.1. The molecule has 0 spiro atoms. The number of amides is 2. The zero-order valence-corrected chi connectivity index (χ0v) is 18.0. The average Bonchev–Trinajstić information content (AvgIpc) is 3.19. The highest BCUT2D eigenvalue weighted by Crippen LogP contribution is 2.22. The van der Waals surface area contributed by atoms with Crippen LogP contribution in [0.15, 0.2) is 28.9 Å². The van der Waals surface area contributed by atoms with E-state index in [1.165, 1.54) is 17.2 Å². The van der Waals surface area contributed by atoms with Gasteiger partial charge in [-0.15, -0.1) is 0 Å². The first-order chi connectivity index (χ1) is 14.2. The van der Waals surface area contributed by atoms with Crippen molar-refractivity contribution in [3.63, 3.8) is 0 Å². The first-order valence-electron chi connectivity index (χ1n) is 9.99. The summed E-state index contributed by atoms with van der Waals surface area (Å²) >= 11 is 0. The van der Waals surface area contributed by atoms with Crippen LogP contribution < -0.4 is 5.32 Å². The van der Waals surface area contributed by atoms with Crippen LogP contribution in [0.3, 0.4) is 0 Å². The van der Waals surface area contributed by atoms with E-state index in [9.17, 15) is 19.7 Å². The zero-order valence-electron chi connectivity index (χ0n) is 18.0. The molecule has 9 heteroatoms. The molecule has 1 heterocycles. The van der Waals surface area contributed by atoms with Gasteiger partial charge >= 0.3 is 0 Å². The highest BCUT2D eigenvalue weighted by molar-refractivity contribution is 5.95. The Balaban J connectivity index is 2.25.